The van der Waals surface area contributed by atoms with Crippen molar-refractivity contribution in [2.75, 3.05) is 32.7 Å². The van der Waals surface area contributed by atoms with E-state index < -0.39 is 6.10 Å². The monoisotopic (exact) mass is 460 g/mol. The standard InChI is InChI=1S/C19H32N4O.HI/c1-4-20-19(21-11-15(2)3)22-12-18(24)14-23-10-9-16-7-5-6-8-17(16)13-23;/h5-8,15,18,24H,4,9-14H2,1-3H3,(H2,20,21,22);1H. The maximum atomic E-state index is 10.4. The Morgan fingerprint density at radius 1 is 1.24 bits per heavy atom. The Kier molecular flexibility index (Phi) is 10.4. The Morgan fingerprint density at radius 3 is 2.64 bits per heavy atom. The van der Waals surface area contributed by atoms with Crippen molar-refractivity contribution in [2.45, 2.75) is 39.8 Å². The molecule has 1 unspecified atom stereocenters. The number of aliphatic hydroxyl groups excluding tert-OH is 1. The van der Waals surface area contributed by atoms with Crippen LogP contribution in [0.4, 0.5) is 0 Å². The first-order chi connectivity index (χ1) is 11.6. The largest absolute Gasteiger partial charge is 0.390 e. The van der Waals surface area contributed by atoms with E-state index in [1.54, 1.807) is 0 Å². The van der Waals surface area contributed by atoms with Gasteiger partial charge >= 0.3 is 0 Å². The topological polar surface area (TPSA) is 59.9 Å². The zero-order valence-corrected chi connectivity index (χ0v) is 18.0. The summed E-state index contributed by atoms with van der Waals surface area (Å²) in [5.74, 6) is 1.31. The quantitative estimate of drug-likeness (QED) is 0.332. The maximum Gasteiger partial charge on any atom is 0.191 e. The number of aliphatic hydroxyl groups is 1. The molecule has 6 heteroatoms. The molecule has 0 amide bonds. The van der Waals surface area contributed by atoms with E-state index in [4.69, 9.17) is 0 Å². The van der Waals surface area contributed by atoms with E-state index in [0.717, 1.165) is 38.6 Å². The lowest BCUT2D eigenvalue weighted by molar-refractivity contribution is 0.108. The van der Waals surface area contributed by atoms with E-state index in [2.05, 4.69) is 58.6 Å². The summed E-state index contributed by atoms with van der Waals surface area (Å²) in [4.78, 5) is 6.86. The molecule has 2 rings (SSSR count). The molecule has 1 atom stereocenters. The van der Waals surface area contributed by atoms with Gasteiger partial charge in [0.15, 0.2) is 5.96 Å². The number of aliphatic imine (C=N–C) groups is 1. The highest BCUT2D eigenvalue weighted by Crippen LogP contribution is 2.18. The lowest BCUT2D eigenvalue weighted by atomic mass is 10.00. The molecule has 0 fully saturated rings. The van der Waals surface area contributed by atoms with Gasteiger partial charge in [0.1, 0.15) is 0 Å². The van der Waals surface area contributed by atoms with Gasteiger partial charge in [-0.05, 0) is 30.4 Å². The summed E-state index contributed by atoms with van der Waals surface area (Å²) in [6.07, 6.45) is 0.660. The average Bonchev–Trinajstić information content (AvgIpc) is 2.57. The van der Waals surface area contributed by atoms with Crippen molar-refractivity contribution < 1.29 is 5.11 Å². The summed E-state index contributed by atoms with van der Waals surface area (Å²) in [6.45, 7) is 11.1. The lowest BCUT2D eigenvalue weighted by Gasteiger charge is -2.30. The minimum Gasteiger partial charge on any atom is -0.390 e. The summed E-state index contributed by atoms with van der Waals surface area (Å²) in [5, 5.41) is 16.8. The van der Waals surface area contributed by atoms with E-state index in [-0.39, 0.29) is 24.0 Å². The molecule has 1 aliphatic rings. The third kappa shape index (κ3) is 7.92. The molecule has 1 aromatic carbocycles. The lowest BCUT2D eigenvalue weighted by Crippen LogP contribution is -2.45. The first-order valence-electron chi connectivity index (χ1n) is 9.07. The Balaban J connectivity index is 0.00000312. The van der Waals surface area contributed by atoms with Crippen molar-refractivity contribution in [3.8, 4) is 0 Å². The molecule has 0 aromatic heterocycles. The van der Waals surface area contributed by atoms with Crippen LogP contribution in [-0.4, -0.2) is 54.8 Å². The molecule has 1 heterocycles. The van der Waals surface area contributed by atoms with Gasteiger partial charge in [-0.25, -0.2) is 0 Å². The molecule has 1 aliphatic heterocycles. The fourth-order valence-corrected chi connectivity index (χ4v) is 2.90. The SMILES string of the molecule is CCNC(=NCC(C)C)NCC(O)CN1CCc2ccccc2C1.I. The molecule has 5 nitrogen and oxygen atoms in total. The van der Waals surface area contributed by atoms with Gasteiger partial charge in [-0.15, -0.1) is 24.0 Å². The molecule has 0 saturated heterocycles. The molecular formula is C19H33IN4O. The van der Waals surface area contributed by atoms with Crippen molar-refractivity contribution in [1.82, 2.24) is 15.5 Å². The Hall–Kier alpha value is -0.860. The number of rotatable bonds is 7. The number of nitrogens with zero attached hydrogens (tertiary/aromatic N) is 2. The Labute approximate surface area is 169 Å². The van der Waals surface area contributed by atoms with Crippen molar-refractivity contribution >= 4 is 29.9 Å². The van der Waals surface area contributed by atoms with Crippen LogP contribution in [0.25, 0.3) is 0 Å². The Bertz CT molecular complexity index is 536. The summed E-state index contributed by atoms with van der Waals surface area (Å²) in [5.41, 5.74) is 2.83. The van der Waals surface area contributed by atoms with Gasteiger partial charge in [0.2, 0.25) is 0 Å². The number of hydrogen-bond donors (Lipinski definition) is 3. The van der Waals surface area contributed by atoms with Gasteiger partial charge in [0.25, 0.3) is 0 Å². The zero-order chi connectivity index (χ0) is 17.4. The van der Waals surface area contributed by atoms with E-state index in [9.17, 15) is 5.11 Å². The molecular weight excluding hydrogens is 427 g/mol. The second-order valence-electron chi connectivity index (χ2n) is 6.90. The number of halogens is 1. The zero-order valence-electron chi connectivity index (χ0n) is 15.7. The summed E-state index contributed by atoms with van der Waals surface area (Å²) in [6, 6.07) is 8.59. The molecule has 0 aliphatic carbocycles. The molecule has 25 heavy (non-hydrogen) atoms. The molecule has 142 valence electrons. The van der Waals surface area contributed by atoms with Gasteiger partial charge < -0.3 is 15.7 Å². The van der Waals surface area contributed by atoms with Crippen LogP contribution in [-0.2, 0) is 13.0 Å². The Morgan fingerprint density at radius 2 is 1.96 bits per heavy atom. The van der Waals surface area contributed by atoms with E-state index in [1.807, 2.05) is 6.92 Å². The predicted molar refractivity (Wildman–Crippen MR) is 116 cm³/mol. The van der Waals surface area contributed by atoms with Crippen molar-refractivity contribution in [3.05, 3.63) is 35.4 Å². The highest BCUT2D eigenvalue weighted by molar-refractivity contribution is 14.0. The second kappa shape index (κ2) is 11.7. The highest BCUT2D eigenvalue weighted by Gasteiger charge is 2.18. The van der Waals surface area contributed by atoms with Gasteiger partial charge in [-0.3, -0.25) is 9.89 Å². The number of hydrogen-bond acceptors (Lipinski definition) is 3. The average molecular weight is 460 g/mol. The van der Waals surface area contributed by atoms with Gasteiger partial charge in [0, 0.05) is 39.3 Å². The van der Waals surface area contributed by atoms with Gasteiger partial charge in [-0.1, -0.05) is 38.1 Å². The predicted octanol–water partition coefficient (Wildman–Crippen LogP) is 2.23. The number of fused-ring (bicyclic) bond motifs is 1. The van der Waals surface area contributed by atoms with Crippen molar-refractivity contribution in [1.29, 1.82) is 0 Å². The minimum absolute atomic E-state index is 0. The fraction of sp³-hybridized carbons (Fsp3) is 0.632. The van der Waals surface area contributed by atoms with E-state index >= 15 is 0 Å². The first-order valence-corrected chi connectivity index (χ1v) is 9.07. The third-order valence-corrected chi connectivity index (χ3v) is 4.14. The van der Waals surface area contributed by atoms with Crippen LogP contribution >= 0.6 is 24.0 Å². The molecule has 0 radical (unpaired) electrons. The number of nitrogens with one attached hydrogen (secondary N) is 2. The maximum absolute atomic E-state index is 10.4. The van der Waals surface area contributed by atoms with Crippen LogP contribution in [0.5, 0.6) is 0 Å². The normalized spacial score (nSPS) is 16.1. The number of β-amino-alcohol motifs (C(OH)–C–C–N with tert-alkyl or cyclic N) is 1. The number of benzene rings is 1. The van der Waals surface area contributed by atoms with Crippen molar-refractivity contribution in [2.24, 2.45) is 10.9 Å². The van der Waals surface area contributed by atoms with Crippen LogP contribution in [0.15, 0.2) is 29.3 Å². The third-order valence-electron chi connectivity index (χ3n) is 4.14. The van der Waals surface area contributed by atoms with Gasteiger partial charge in [-0.2, -0.15) is 0 Å². The summed E-state index contributed by atoms with van der Waals surface area (Å²) in [7, 11) is 0. The molecule has 0 bridgehead atoms. The van der Waals surface area contributed by atoms with Gasteiger partial charge in [0.05, 0.1) is 6.10 Å². The van der Waals surface area contributed by atoms with Crippen LogP contribution in [0, 0.1) is 5.92 Å². The fourth-order valence-electron chi connectivity index (χ4n) is 2.90. The van der Waals surface area contributed by atoms with E-state index in [1.165, 1.54) is 11.1 Å². The number of guanidine groups is 1. The van der Waals surface area contributed by atoms with Crippen LogP contribution in [0.2, 0.25) is 0 Å². The highest BCUT2D eigenvalue weighted by atomic mass is 127. The van der Waals surface area contributed by atoms with Crippen molar-refractivity contribution in [3.63, 3.8) is 0 Å². The van der Waals surface area contributed by atoms with E-state index in [0.29, 0.717) is 19.0 Å². The smallest absolute Gasteiger partial charge is 0.191 e. The summed E-state index contributed by atoms with van der Waals surface area (Å²) < 4.78 is 0. The minimum atomic E-state index is -0.404. The van der Waals surface area contributed by atoms with Crippen LogP contribution in [0.3, 0.4) is 0 Å². The first kappa shape index (κ1) is 22.2. The molecule has 3 N–H and O–H groups in total. The van der Waals surface area contributed by atoms with Crippen LogP contribution < -0.4 is 10.6 Å². The second-order valence-corrected chi connectivity index (χ2v) is 6.90. The summed E-state index contributed by atoms with van der Waals surface area (Å²) >= 11 is 0. The molecule has 0 spiro atoms. The molecule has 1 aromatic rings. The van der Waals surface area contributed by atoms with Crippen LogP contribution in [0.1, 0.15) is 31.9 Å². The molecule has 0 saturated carbocycles.